The molecule has 1 saturated carbocycles. The van der Waals surface area contributed by atoms with Crippen LogP contribution in [0.15, 0.2) is 47.3 Å². The zero-order chi connectivity index (χ0) is 16.4. The van der Waals surface area contributed by atoms with Crippen molar-refractivity contribution < 1.29 is 4.79 Å². The molecule has 24 heavy (non-hydrogen) atoms. The third-order valence-corrected chi connectivity index (χ3v) is 5.65. The Morgan fingerprint density at radius 1 is 1.17 bits per heavy atom. The average Bonchev–Trinajstić information content (AvgIpc) is 3.31. The zero-order valence-corrected chi connectivity index (χ0v) is 14.2. The van der Waals surface area contributed by atoms with Crippen LogP contribution in [-0.2, 0) is 5.41 Å². The lowest BCUT2D eigenvalue weighted by Gasteiger charge is -2.28. The molecule has 5 heteroatoms. The Kier molecular flexibility index (Phi) is 4.02. The van der Waals surface area contributed by atoms with Crippen LogP contribution < -0.4 is 5.32 Å². The fourth-order valence-corrected chi connectivity index (χ4v) is 4.37. The van der Waals surface area contributed by atoms with Crippen LogP contribution in [0.5, 0.6) is 0 Å². The Morgan fingerprint density at radius 3 is 2.71 bits per heavy atom. The summed E-state index contributed by atoms with van der Waals surface area (Å²) in [6.45, 7) is 0.664. The standard InChI is InChI=1S/C19H19N3OS/c23-18(17-11-20-15-5-1-2-6-16(15)22-17)21-13-19(8-3-4-9-19)14-7-10-24-12-14/h1-2,5-7,10-12H,3-4,8-9,13H2,(H,21,23). The lowest BCUT2D eigenvalue weighted by atomic mass is 9.80. The average molecular weight is 337 g/mol. The molecule has 0 bridgehead atoms. The lowest BCUT2D eigenvalue weighted by Crippen LogP contribution is -2.39. The molecule has 0 spiro atoms. The van der Waals surface area contributed by atoms with Crippen LogP contribution in [0, 0.1) is 0 Å². The van der Waals surface area contributed by atoms with Crippen LogP contribution >= 0.6 is 11.3 Å². The van der Waals surface area contributed by atoms with E-state index in [1.807, 2.05) is 24.3 Å². The molecule has 4 rings (SSSR count). The smallest absolute Gasteiger partial charge is 0.271 e. The predicted octanol–water partition coefficient (Wildman–Crippen LogP) is 3.93. The van der Waals surface area contributed by atoms with Crippen molar-refractivity contribution in [1.29, 1.82) is 0 Å². The van der Waals surface area contributed by atoms with Gasteiger partial charge < -0.3 is 5.32 Å². The van der Waals surface area contributed by atoms with Gasteiger partial charge in [-0.05, 0) is 47.4 Å². The fourth-order valence-electron chi connectivity index (χ4n) is 3.59. The number of fused-ring (bicyclic) bond motifs is 1. The Labute approximate surface area is 145 Å². The van der Waals surface area contributed by atoms with Crippen molar-refractivity contribution in [2.45, 2.75) is 31.1 Å². The summed E-state index contributed by atoms with van der Waals surface area (Å²) < 4.78 is 0. The van der Waals surface area contributed by atoms with E-state index in [2.05, 4.69) is 32.1 Å². The summed E-state index contributed by atoms with van der Waals surface area (Å²) in [7, 11) is 0. The molecule has 1 aliphatic carbocycles. The van der Waals surface area contributed by atoms with Gasteiger partial charge >= 0.3 is 0 Å². The highest BCUT2D eigenvalue weighted by atomic mass is 32.1. The van der Waals surface area contributed by atoms with Crippen molar-refractivity contribution in [2.75, 3.05) is 6.54 Å². The highest BCUT2D eigenvalue weighted by Gasteiger charge is 2.36. The van der Waals surface area contributed by atoms with Gasteiger partial charge in [0.15, 0.2) is 0 Å². The second-order valence-electron chi connectivity index (χ2n) is 6.43. The molecule has 1 aliphatic rings. The van der Waals surface area contributed by atoms with E-state index in [0.29, 0.717) is 12.2 Å². The van der Waals surface area contributed by atoms with Gasteiger partial charge in [-0.25, -0.2) is 4.98 Å². The summed E-state index contributed by atoms with van der Waals surface area (Å²) in [6.07, 6.45) is 6.27. The predicted molar refractivity (Wildman–Crippen MR) is 96.3 cm³/mol. The quantitative estimate of drug-likeness (QED) is 0.785. The summed E-state index contributed by atoms with van der Waals surface area (Å²) in [6, 6.07) is 9.79. The first-order valence-electron chi connectivity index (χ1n) is 8.30. The van der Waals surface area contributed by atoms with E-state index in [1.54, 1.807) is 17.5 Å². The minimum absolute atomic E-state index is 0.0833. The molecule has 1 fully saturated rings. The van der Waals surface area contributed by atoms with Crippen LogP contribution in [0.25, 0.3) is 11.0 Å². The van der Waals surface area contributed by atoms with Crippen LogP contribution in [0.4, 0.5) is 0 Å². The van der Waals surface area contributed by atoms with Crippen LogP contribution in [0.1, 0.15) is 41.7 Å². The molecular weight excluding hydrogens is 318 g/mol. The van der Waals surface area contributed by atoms with E-state index >= 15 is 0 Å². The number of hydrogen-bond acceptors (Lipinski definition) is 4. The number of para-hydroxylation sites is 2. The molecule has 2 aromatic heterocycles. The van der Waals surface area contributed by atoms with Crippen molar-refractivity contribution in [3.63, 3.8) is 0 Å². The summed E-state index contributed by atoms with van der Waals surface area (Å²) >= 11 is 1.72. The third kappa shape index (κ3) is 2.80. The number of rotatable bonds is 4. The van der Waals surface area contributed by atoms with Gasteiger partial charge in [0.2, 0.25) is 0 Å². The van der Waals surface area contributed by atoms with E-state index in [4.69, 9.17) is 0 Å². The number of hydrogen-bond donors (Lipinski definition) is 1. The van der Waals surface area contributed by atoms with Crippen molar-refractivity contribution >= 4 is 28.3 Å². The first-order valence-corrected chi connectivity index (χ1v) is 9.24. The molecular formula is C19H19N3OS. The maximum Gasteiger partial charge on any atom is 0.271 e. The summed E-state index contributed by atoms with van der Waals surface area (Å²) in [5.74, 6) is -0.144. The highest BCUT2D eigenvalue weighted by molar-refractivity contribution is 7.08. The highest BCUT2D eigenvalue weighted by Crippen LogP contribution is 2.41. The summed E-state index contributed by atoms with van der Waals surface area (Å²) in [5, 5.41) is 7.43. The van der Waals surface area contributed by atoms with E-state index in [0.717, 1.165) is 23.9 Å². The van der Waals surface area contributed by atoms with Crippen molar-refractivity contribution in [2.24, 2.45) is 0 Å². The number of benzene rings is 1. The van der Waals surface area contributed by atoms with E-state index in [-0.39, 0.29) is 11.3 Å². The molecule has 0 unspecified atom stereocenters. The summed E-state index contributed by atoms with van der Waals surface area (Å²) in [5.41, 5.74) is 3.38. The first-order chi connectivity index (χ1) is 11.8. The maximum atomic E-state index is 12.5. The number of nitrogens with one attached hydrogen (secondary N) is 1. The molecule has 1 aromatic carbocycles. The van der Waals surface area contributed by atoms with Crippen LogP contribution in [-0.4, -0.2) is 22.4 Å². The lowest BCUT2D eigenvalue weighted by molar-refractivity contribution is 0.0938. The molecule has 0 atom stereocenters. The second kappa shape index (κ2) is 6.32. The Hall–Kier alpha value is -2.27. The molecule has 3 aromatic rings. The van der Waals surface area contributed by atoms with Crippen molar-refractivity contribution in [3.8, 4) is 0 Å². The molecule has 1 amide bonds. The number of amides is 1. The largest absolute Gasteiger partial charge is 0.350 e. The van der Waals surface area contributed by atoms with Gasteiger partial charge in [-0.3, -0.25) is 9.78 Å². The minimum Gasteiger partial charge on any atom is -0.350 e. The molecule has 1 N–H and O–H groups in total. The normalized spacial score (nSPS) is 16.3. The summed E-state index contributed by atoms with van der Waals surface area (Å²) in [4.78, 5) is 21.3. The van der Waals surface area contributed by atoms with Crippen LogP contribution in [0.3, 0.4) is 0 Å². The first kappa shape index (κ1) is 15.3. The van der Waals surface area contributed by atoms with E-state index < -0.39 is 0 Å². The van der Waals surface area contributed by atoms with Gasteiger partial charge in [-0.15, -0.1) is 0 Å². The van der Waals surface area contributed by atoms with Crippen LogP contribution in [0.2, 0.25) is 0 Å². The molecule has 122 valence electrons. The molecule has 4 nitrogen and oxygen atoms in total. The van der Waals surface area contributed by atoms with Crippen molar-refractivity contribution in [1.82, 2.24) is 15.3 Å². The molecule has 2 heterocycles. The monoisotopic (exact) mass is 337 g/mol. The van der Waals surface area contributed by atoms with Gasteiger partial charge in [0.1, 0.15) is 5.69 Å². The zero-order valence-electron chi connectivity index (χ0n) is 13.4. The van der Waals surface area contributed by atoms with Gasteiger partial charge in [0.25, 0.3) is 5.91 Å². The number of nitrogens with zero attached hydrogens (tertiary/aromatic N) is 2. The van der Waals surface area contributed by atoms with Gasteiger partial charge in [-0.2, -0.15) is 11.3 Å². The van der Waals surface area contributed by atoms with E-state index in [9.17, 15) is 4.79 Å². The van der Waals surface area contributed by atoms with E-state index in [1.165, 1.54) is 18.4 Å². The third-order valence-electron chi connectivity index (χ3n) is 4.96. The van der Waals surface area contributed by atoms with Gasteiger partial charge in [-0.1, -0.05) is 25.0 Å². The van der Waals surface area contributed by atoms with Gasteiger partial charge in [0.05, 0.1) is 17.2 Å². The number of carbonyl (C=O) groups excluding carboxylic acids is 1. The Balaban J connectivity index is 1.52. The second-order valence-corrected chi connectivity index (χ2v) is 7.21. The topological polar surface area (TPSA) is 54.9 Å². The molecule has 0 radical (unpaired) electrons. The molecule has 0 aliphatic heterocycles. The number of carbonyl (C=O) groups is 1. The Bertz CT molecular complexity index is 854. The maximum absolute atomic E-state index is 12.5. The van der Waals surface area contributed by atoms with Crippen molar-refractivity contribution in [3.05, 3.63) is 58.5 Å². The Morgan fingerprint density at radius 2 is 1.96 bits per heavy atom. The number of thiophene rings is 1. The molecule has 0 saturated heterocycles. The SMILES string of the molecule is O=C(NCC1(c2ccsc2)CCCC1)c1cnc2ccccc2n1. The fraction of sp³-hybridized carbons (Fsp3) is 0.316. The number of aromatic nitrogens is 2. The minimum atomic E-state index is -0.144. The van der Waals surface area contributed by atoms with Gasteiger partial charge in [0, 0.05) is 12.0 Å².